The average Bonchev–Trinajstić information content (AvgIpc) is 2.84. The number of likely N-dealkylation sites (tertiary alicyclic amines) is 1. The average molecular weight is 299 g/mol. The standard InChI is InChI=1S/C16H24ClFN2/c1-16(2,3)12-6-7-20(10-12)15(9-19)11-4-5-13(17)14(18)8-11/h4-5,8,12,15H,6-7,9-10,19H2,1-3H3. The summed E-state index contributed by atoms with van der Waals surface area (Å²) in [7, 11) is 0. The monoisotopic (exact) mass is 298 g/mol. The van der Waals surface area contributed by atoms with E-state index in [1.165, 1.54) is 12.5 Å². The smallest absolute Gasteiger partial charge is 0.142 e. The molecule has 0 aromatic heterocycles. The van der Waals surface area contributed by atoms with Crippen molar-refractivity contribution in [2.45, 2.75) is 33.2 Å². The highest BCUT2D eigenvalue weighted by molar-refractivity contribution is 6.30. The van der Waals surface area contributed by atoms with Gasteiger partial charge in [-0.15, -0.1) is 0 Å². The van der Waals surface area contributed by atoms with Gasteiger partial charge in [0, 0.05) is 19.1 Å². The molecule has 1 saturated heterocycles. The lowest BCUT2D eigenvalue weighted by atomic mass is 9.80. The van der Waals surface area contributed by atoms with Gasteiger partial charge in [-0.1, -0.05) is 38.4 Å². The number of nitrogens with zero attached hydrogens (tertiary/aromatic N) is 1. The molecule has 0 radical (unpaired) electrons. The quantitative estimate of drug-likeness (QED) is 0.918. The van der Waals surface area contributed by atoms with Crippen LogP contribution in [0.15, 0.2) is 18.2 Å². The molecule has 1 heterocycles. The van der Waals surface area contributed by atoms with Crippen LogP contribution in [0.2, 0.25) is 5.02 Å². The molecule has 1 fully saturated rings. The van der Waals surface area contributed by atoms with Crippen LogP contribution in [0.1, 0.15) is 38.8 Å². The Labute approximate surface area is 126 Å². The Morgan fingerprint density at radius 3 is 2.65 bits per heavy atom. The fourth-order valence-corrected chi connectivity index (χ4v) is 3.11. The van der Waals surface area contributed by atoms with Crippen molar-refractivity contribution in [3.05, 3.63) is 34.6 Å². The first-order valence-corrected chi connectivity index (χ1v) is 7.59. The second kappa shape index (κ2) is 6.00. The van der Waals surface area contributed by atoms with Crippen LogP contribution >= 0.6 is 11.6 Å². The molecule has 2 unspecified atom stereocenters. The molecule has 0 amide bonds. The van der Waals surface area contributed by atoms with Crippen LogP contribution in [0.4, 0.5) is 4.39 Å². The van der Waals surface area contributed by atoms with Crippen molar-refractivity contribution in [3.8, 4) is 0 Å². The molecule has 2 N–H and O–H groups in total. The zero-order valence-electron chi connectivity index (χ0n) is 12.5. The molecule has 2 rings (SSSR count). The predicted molar refractivity (Wildman–Crippen MR) is 82.3 cm³/mol. The highest BCUT2D eigenvalue weighted by Crippen LogP contribution is 2.37. The van der Waals surface area contributed by atoms with E-state index in [1.54, 1.807) is 6.07 Å². The van der Waals surface area contributed by atoms with Crippen LogP contribution in [0.25, 0.3) is 0 Å². The predicted octanol–water partition coefficient (Wildman–Crippen LogP) is 3.85. The summed E-state index contributed by atoms with van der Waals surface area (Å²) in [6, 6.07) is 5.10. The van der Waals surface area contributed by atoms with E-state index in [1.807, 2.05) is 6.07 Å². The van der Waals surface area contributed by atoms with Crippen molar-refractivity contribution in [1.29, 1.82) is 0 Å². The van der Waals surface area contributed by atoms with Crippen molar-refractivity contribution < 1.29 is 4.39 Å². The summed E-state index contributed by atoms with van der Waals surface area (Å²) in [5, 5.41) is 0.165. The van der Waals surface area contributed by atoms with Crippen LogP contribution in [-0.4, -0.2) is 24.5 Å². The van der Waals surface area contributed by atoms with E-state index >= 15 is 0 Å². The van der Waals surface area contributed by atoms with Gasteiger partial charge in [0.2, 0.25) is 0 Å². The SMILES string of the molecule is CC(C)(C)C1CCN(C(CN)c2ccc(Cl)c(F)c2)C1. The van der Waals surface area contributed by atoms with Crippen molar-refractivity contribution in [1.82, 2.24) is 4.90 Å². The van der Waals surface area contributed by atoms with Gasteiger partial charge in [-0.2, -0.15) is 0 Å². The summed E-state index contributed by atoms with van der Waals surface area (Å²) in [6.07, 6.45) is 1.18. The largest absolute Gasteiger partial charge is 0.329 e. The maximum absolute atomic E-state index is 13.6. The van der Waals surface area contributed by atoms with Crippen molar-refractivity contribution in [3.63, 3.8) is 0 Å². The van der Waals surface area contributed by atoms with Gasteiger partial charge in [0.1, 0.15) is 5.82 Å². The fourth-order valence-electron chi connectivity index (χ4n) is 2.99. The molecule has 1 aliphatic rings. The Kier molecular flexibility index (Phi) is 4.73. The molecule has 2 nitrogen and oxygen atoms in total. The van der Waals surface area contributed by atoms with Crippen molar-refractivity contribution in [2.75, 3.05) is 19.6 Å². The Morgan fingerprint density at radius 1 is 1.45 bits per heavy atom. The molecular weight excluding hydrogens is 275 g/mol. The second-order valence-corrected chi connectivity index (χ2v) is 7.18. The van der Waals surface area contributed by atoms with Crippen molar-refractivity contribution in [2.24, 2.45) is 17.1 Å². The van der Waals surface area contributed by atoms with Gasteiger partial charge in [0.25, 0.3) is 0 Å². The third kappa shape index (κ3) is 3.33. The van der Waals surface area contributed by atoms with Crippen LogP contribution in [0.3, 0.4) is 0 Å². The number of rotatable bonds is 3. The molecule has 0 saturated carbocycles. The molecule has 1 aromatic carbocycles. The lowest BCUT2D eigenvalue weighted by Crippen LogP contribution is -2.33. The molecule has 1 aliphatic heterocycles. The van der Waals surface area contributed by atoms with E-state index in [9.17, 15) is 4.39 Å². The fraction of sp³-hybridized carbons (Fsp3) is 0.625. The summed E-state index contributed by atoms with van der Waals surface area (Å²) >= 11 is 5.75. The van der Waals surface area contributed by atoms with Gasteiger partial charge in [0.15, 0.2) is 0 Å². The number of hydrogen-bond donors (Lipinski definition) is 1. The molecule has 1 aromatic rings. The van der Waals surface area contributed by atoms with Crippen molar-refractivity contribution >= 4 is 11.6 Å². The zero-order valence-corrected chi connectivity index (χ0v) is 13.3. The molecule has 0 spiro atoms. The van der Waals surface area contributed by atoms with E-state index in [4.69, 9.17) is 17.3 Å². The Hall–Kier alpha value is -0.640. The molecule has 0 aliphatic carbocycles. The third-order valence-electron chi connectivity index (χ3n) is 4.44. The first-order chi connectivity index (χ1) is 9.32. The Balaban J connectivity index is 2.15. The summed E-state index contributed by atoms with van der Waals surface area (Å²) in [5.74, 6) is 0.294. The molecule has 2 atom stereocenters. The van der Waals surface area contributed by atoms with Gasteiger partial charge in [-0.3, -0.25) is 4.90 Å². The lowest BCUT2D eigenvalue weighted by molar-refractivity contribution is 0.197. The summed E-state index contributed by atoms with van der Waals surface area (Å²) in [4.78, 5) is 2.37. The Bertz CT molecular complexity index is 470. The lowest BCUT2D eigenvalue weighted by Gasteiger charge is -2.30. The highest BCUT2D eigenvalue weighted by atomic mass is 35.5. The summed E-state index contributed by atoms with van der Waals surface area (Å²) in [5.41, 5.74) is 7.16. The minimum atomic E-state index is -0.366. The minimum absolute atomic E-state index is 0.0779. The van der Waals surface area contributed by atoms with Gasteiger partial charge in [-0.25, -0.2) is 4.39 Å². The topological polar surface area (TPSA) is 29.3 Å². The molecular formula is C16H24ClFN2. The summed E-state index contributed by atoms with van der Waals surface area (Å²) in [6.45, 7) is 9.38. The van der Waals surface area contributed by atoms with Gasteiger partial charge >= 0.3 is 0 Å². The number of benzene rings is 1. The number of halogens is 2. The zero-order chi connectivity index (χ0) is 14.9. The van der Waals surface area contributed by atoms with E-state index in [0.717, 1.165) is 18.7 Å². The minimum Gasteiger partial charge on any atom is -0.329 e. The van der Waals surface area contributed by atoms with E-state index in [-0.39, 0.29) is 16.9 Å². The maximum atomic E-state index is 13.6. The third-order valence-corrected chi connectivity index (χ3v) is 4.74. The van der Waals surface area contributed by atoms with Gasteiger partial charge < -0.3 is 5.73 Å². The Morgan fingerprint density at radius 2 is 2.15 bits per heavy atom. The second-order valence-electron chi connectivity index (χ2n) is 6.77. The molecule has 112 valence electrons. The maximum Gasteiger partial charge on any atom is 0.142 e. The highest BCUT2D eigenvalue weighted by Gasteiger charge is 2.34. The number of hydrogen-bond acceptors (Lipinski definition) is 2. The first kappa shape index (κ1) is 15.7. The summed E-state index contributed by atoms with van der Waals surface area (Å²) < 4.78 is 13.6. The normalized spacial score (nSPS) is 22.2. The molecule has 4 heteroatoms. The van der Waals surface area contributed by atoms with E-state index < -0.39 is 0 Å². The molecule has 20 heavy (non-hydrogen) atoms. The van der Waals surface area contributed by atoms with Crippen LogP contribution in [0, 0.1) is 17.2 Å². The van der Waals surface area contributed by atoms with E-state index in [2.05, 4.69) is 25.7 Å². The van der Waals surface area contributed by atoms with Gasteiger partial charge in [0.05, 0.1) is 5.02 Å². The first-order valence-electron chi connectivity index (χ1n) is 7.22. The van der Waals surface area contributed by atoms with Gasteiger partial charge in [-0.05, 0) is 42.0 Å². The van der Waals surface area contributed by atoms with E-state index in [0.29, 0.717) is 17.9 Å². The van der Waals surface area contributed by atoms with Crippen LogP contribution < -0.4 is 5.73 Å². The number of nitrogens with two attached hydrogens (primary N) is 1. The van der Waals surface area contributed by atoms with Crippen LogP contribution in [0.5, 0.6) is 0 Å². The van der Waals surface area contributed by atoms with Crippen LogP contribution in [-0.2, 0) is 0 Å². The molecule has 0 bridgehead atoms.